The number of carbonyl (C=O) groups is 4. The van der Waals surface area contributed by atoms with Crippen LogP contribution in [0.1, 0.15) is 87.6 Å². The molecule has 66 heavy (non-hydrogen) atoms. The Bertz CT molecular complexity index is 2770. The summed E-state index contributed by atoms with van der Waals surface area (Å²) in [6.45, 7) is 4.08. The van der Waals surface area contributed by atoms with Crippen molar-refractivity contribution in [3.63, 3.8) is 0 Å². The predicted molar refractivity (Wildman–Crippen MR) is 264 cm³/mol. The van der Waals surface area contributed by atoms with E-state index in [1.807, 2.05) is 104 Å². The third kappa shape index (κ3) is 9.61. The molecule has 3 amide bonds. The van der Waals surface area contributed by atoms with Crippen LogP contribution in [-0.4, -0.2) is 66.6 Å². The van der Waals surface area contributed by atoms with Crippen LogP contribution in [0.3, 0.4) is 0 Å². The molecule has 5 aromatic rings. The number of hydrogen-bond donors (Lipinski definition) is 1. The quantitative estimate of drug-likeness (QED) is 0.0672. The highest BCUT2D eigenvalue weighted by molar-refractivity contribution is 8.76. The number of rotatable bonds is 18. The summed E-state index contributed by atoms with van der Waals surface area (Å²) in [6.07, 6.45) is 8.20. The first-order valence-corrected chi connectivity index (χ1v) is 24.9. The van der Waals surface area contributed by atoms with Crippen LogP contribution in [0.5, 0.6) is 17.2 Å². The van der Waals surface area contributed by atoms with E-state index in [0.717, 1.165) is 57.1 Å². The highest BCUT2D eigenvalue weighted by atomic mass is 33.1. The molecule has 0 unspecified atom stereocenters. The summed E-state index contributed by atoms with van der Waals surface area (Å²) >= 11 is 0. The van der Waals surface area contributed by atoms with Crippen molar-refractivity contribution in [2.45, 2.75) is 84.1 Å². The number of anilines is 3. The lowest BCUT2D eigenvalue weighted by atomic mass is 10.1. The van der Waals surface area contributed by atoms with Gasteiger partial charge in [0.05, 0.1) is 41.7 Å². The molecule has 0 spiro atoms. The molecule has 0 bridgehead atoms. The number of ether oxygens (including phenoxy) is 3. The zero-order valence-electron chi connectivity index (χ0n) is 37.2. The molecule has 4 aliphatic rings. The van der Waals surface area contributed by atoms with E-state index in [1.165, 1.54) is 0 Å². The number of aliphatic imine (C=N–C) groups is 2. The number of hydrogen-bond acceptors (Lipinski definition) is 11. The first-order chi connectivity index (χ1) is 32.2. The average Bonchev–Trinajstić information content (AvgIpc) is 3.82. The molecule has 0 saturated heterocycles. The van der Waals surface area contributed by atoms with Crippen LogP contribution in [0.2, 0.25) is 0 Å². The summed E-state index contributed by atoms with van der Waals surface area (Å²) in [4.78, 5) is 66.0. The van der Waals surface area contributed by atoms with Crippen LogP contribution >= 0.6 is 21.6 Å². The van der Waals surface area contributed by atoms with Crippen LogP contribution in [-0.2, 0) is 35.6 Å². The summed E-state index contributed by atoms with van der Waals surface area (Å²) in [6, 6.07) is 28.4. The van der Waals surface area contributed by atoms with Crippen LogP contribution in [0.4, 0.5) is 28.4 Å². The summed E-state index contributed by atoms with van der Waals surface area (Å²) < 4.78 is 18.7. The number of nitrogens with one attached hydrogen (secondary N) is 1. The van der Waals surface area contributed by atoms with Crippen molar-refractivity contribution in [1.82, 2.24) is 0 Å². The molecule has 338 valence electrons. The maximum atomic E-state index is 14.0. The minimum absolute atomic E-state index is 0.0896. The molecular weight excluding hydrogens is 871 g/mol. The summed E-state index contributed by atoms with van der Waals surface area (Å²) in [5, 5.41) is 3.09. The van der Waals surface area contributed by atoms with E-state index >= 15 is 0 Å². The Kier molecular flexibility index (Phi) is 13.6. The fourth-order valence-corrected chi connectivity index (χ4v) is 11.0. The van der Waals surface area contributed by atoms with Gasteiger partial charge in [-0.05, 0) is 90.0 Å². The first kappa shape index (κ1) is 44.8. The molecule has 0 aliphatic carbocycles. The summed E-state index contributed by atoms with van der Waals surface area (Å²) in [5.41, 5.74) is 8.97. The van der Waals surface area contributed by atoms with Gasteiger partial charge in [-0.15, -0.1) is 0 Å². The Labute approximate surface area is 392 Å². The second-order valence-corrected chi connectivity index (χ2v) is 19.5. The van der Waals surface area contributed by atoms with E-state index in [1.54, 1.807) is 45.7 Å². The third-order valence-corrected chi connectivity index (χ3v) is 14.8. The molecule has 0 aromatic heterocycles. The van der Waals surface area contributed by atoms with Gasteiger partial charge in [0.15, 0.2) is 11.5 Å². The number of ketones is 1. The minimum atomic E-state index is -0.192. The number of para-hydroxylation sites is 2. The van der Waals surface area contributed by atoms with Gasteiger partial charge in [-0.1, -0.05) is 64.9 Å². The highest BCUT2D eigenvalue weighted by Crippen LogP contribution is 2.42. The van der Waals surface area contributed by atoms with Crippen LogP contribution in [0.25, 0.3) is 0 Å². The number of carbonyl (C=O) groups excluding carboxylic acids is 4. The lowest BCUT2D eigenvalue weighted by molar-refractivity contribution is -0.119. The monoisotopic (exact) mass is 921 g/mol. The fraction of sp³-hybridized carbons (Fsp3) is 0.308. The Hall–Kier alpha value is -6.38. The van der Waals surface area contributed by atoms with Gasteiger partial charge >= 0.3 is 0 Å². The topological polar surface area (TPSA) is 139 Å². The molecular formula is C52H51N5O7S2. The normalized spacial score (nSPS) is 16.3. The van der Waals surface area contributed by atoms with Crippen molar-refractivity contribution in [1.29, 1.82) is 0 Å². The van der Waals surface area contributed by atoms with Gasteiger partial charge < -0.3 is 19.5 Å². The van der Waals surface area contributed by atoms with Crippen molar-refractivity contribution in [2.24, 2.45) is 9.98 Å². The Morgan fingerprint density at radius 1 is 0.697 bits per heavy atom. The molecule has 14 heteroatoms. The summed E-state index contributed by atoms with van der Waals surface area (Å²) in [5.74, 6) is 3.07. The van der Waals surface area contributed by atoms with Gasteiger partial charge in [0.1, 0.15) is 24.7 Å². The number of Topliss-reactive ketones (excluding diaryl/α,β-unsaturated/α-hetero) is 1. The third-order valence-electron chi connectivity index (χ3n) is 12.2. The van der Waals surface area contributed by atoms with Gasteiger partial charge in [-0.25, -0.2) is 0 Å². The number of fused-ring (bicyclic) bond motifs is 8. The first-order valence-electron chi connectivity index (χ1n) is 22.4. The molecule has 4 aliphatic heterocycles. The minimum Gasteiger partial charge on any atom is -0.493 e. The van der Waals surface area contributed by atoms with Crippen molar-refractivity contribution < 1.29 is 33.4 Å². The molecule has 9 rings (SSSR count). The van der Waals surface area contributed by atoms with Gasteiger partial charge in [0.2, 0.25) is 5.91 Å². The Balaban J connectivity index is 0.913. The zero-order chi connectivity index (χ0) is 45.7. The maximum absolute atomic E-state index is 14.0. The second kappa shape index (κ2) is 20.0. The van der Waals surface area contributed by atoms with Gasteiger partial charge in [-0.2, -0.15) is 0 Å². The average molecular weight is 922 g/mol. The van der Waals surface area contributed by atoms with Gasteiger partial charge in [-0.3, -0.25) is 39.0 Å². The van der Waals surface area contributed by atoms with Crippen molar-refractivity contribution >= 4 is 86.0 Å². The smallest absolute Gasteiger partial charge is 0.261 e. The molecule has 5 aromatic carbocycles. The Morgan fingerprint density at radius 2 is 1.24 bits per heavy atom. The molecule has 0 saturated carbocycles. The molecule has 2 atom stereocenters. The van der Waals surface area contributed by atoms with Crippen LogP contribution in [0, 0.1) is 6.92 Å². The van der Waals surface area contributed by atoms with Gasteiger partial charge in [0, 0.05) is 85.2 Å². The van der Waals surface area contributed by atoms with E-state index < -0.39 is 0 Å². The fourth-order valence-electron chi connectivity index (χ4n) is 8.85. The number of aryl methyl sites for hydroxylation is 1. The lowest BCUT2D eigenvalue weighted by Crippen LogP contribution is -2.37. The number of amides is 3. The van der Waals surface area contributed by atoms with Crippen molar-refractivity contribution in [3.8, 4) is 17.2 Å². The van der Waals surface area contributed by atoms with E-state index in [0.29, 0.717) is 89.7 Å². The molecule has 1 N–H and O–H groups in total. The highest BCUT2D eigenvalue weighted by Gasteiger charge is 2.38. The number of methoxy groups -OCH3 is 1. The number of nitrogens with zero attached hydrogens (tertiary/aromatic N) is 4. The van der Waals surface area contributed by atoms with E-state index in [9.17, 15) is 19.2 Å². The maximum Gasteiger partial charge on any atom is 0.261 e. The SMILES string of the molecule is CCC(=O)CCCSSCCCC(=O)Nc1cc(COc2cc3c(cc2C)C(=O)N2c4ccccc4C[C@H]2C=N3)cc(COc2cc3c(cc2OC)C(=O)N2c4ccccc4C[C@H]2C=N3)c1. The van der Waals surface area contributed by atoms with Gasteiger partial charge in [0.25, 0.3) is 11.8 Å². The van der Waals surface area contributed by atoms with Crippen molar-refractivity contribution in [2.75, 3.05) is 33.7 Å². The second-order valence-electron chi connectivity index (χ2n) is 16.8. The largest absolute Gasteiger partial charge is 0.493 e. The molecule has 0 fully saturated rings. The molecule has 12 nitrogen and oxygen atoms in total. The number of benzene rings is 5. The van der Waals surface area contributed by atoms with E-state index in [2.05, 4.69) is 11.4 Å². The zero-order valence-corrected chi connectivity index (χ0v) is 38.8. The standard InChI is InChI=1S/C52H51N5O7S2/c1-4-40(58)13-9-17-65-66-18-10-16-50(59)55-37-21-33(30-63-47-26-43-41(19-32(47)2)51(60)56-38(28-53-43)23-35-11-5-7-14-45(35)56)20-34(22-37)31-64-49-27-44-42(25-48(49)62-3)52(61)57-39(29-54-44)24-36-12-6-8-15-46(36)57/h5-8,11-12,14-15,19-22,25-29,38-39H,4,9-10,13,16-18,23-24,30-31H2,1-3H3,(H,55,59)/t38-,39-/m0/s1. The van der Waals surface area contributed by atoms with Crippen molar-refractivity contribution in [3.05, 3.63) is 130 Å². The van der Waals surface area contributed by atoms with Crippen LogP contribution in [0.15, 0.2) is 101 Å². The Morgan fingerprint density at radius 3 is 1.83 bits per heavy atom. The molecule has 0 radical (unpaired) electrons. The van der Waals surface area contributed by atoms with E-state index in [4.69, 9.17) is 24.2 Å². The lowest BCUT2D eigenvalue weighted by Gasteiger charge is -2.22. The predicted octanol–water partition coefficient (Wildman–Crippen LogP) is 10.6. The van der Waals surface area contributed by atoms with E-state index in [-0.39, 0.29) is 43.0 Å². The summed E-state index contributed by atoms with van der Waals surface area (Å²) in [7, 11) is 5.00. The molecule has 4 heterocycles. The van der Waals surface area contributed by atoms with Crippen LogP contribution < -0.4 is 29.3 Å².